The summed E-state index contributed by atoms with van der Waals surface area (Å²) in [7, 11) is 1.83. The molecule has 0 aromatic carbocycles. The summed E-state index contributed by atoms with van der Waals surface area (Å²) in [5.74, 6) is 1.44. The number of likely N-dealkylation sites (N-methyl/N-ethyl adjacent to an activating group) is 1. The number of aryl methyl sites for hydroxylation is 1. The minimum Gasteiger partial charge on any atom is -0.356 e. The highest BCUT2D eigenvalue weighted by Gasteiger charge is 2.37. The van der Waals surface area contributed by atoms with Crippen LogP contribution in [0.2, 0.25) is 0 Å². The molecule has 0 aliphatic carbocycles. The average molecular weight is 343 g/mol. The van der Waals surface area contributed by atoms with E-state index in [4.69, 9.17) is 0 Å². The maximum absolute atomic E-state index is 12.6. The smallest absolute Gasteiger partial charge is 0.226 e. The second-order valence-corrected chi connectivity index (χ2v) is 6.76. The van der Waals surface area contributed by atoms with Crippen molar-refractivity contribution in [3.63, 3.8) is 0 Å². The molecule has 1 atom stereocenters. The van der Waals surface area contributed by atoms with Crippen LogP contribution >= 0.6 is 0 Å². The average Bonchev–Trinajstić information content (AvgIpc) is 2.93. The molecule has 9 heteroatoms. The van der Waals surface area contributed by atoms with E-state index in [-0.39, 0.29) is 23.8 Å². The Morgan fingerprint density at radius 3 is 2.88 bits per heavy atom. The van der Waals surface area contributed by atoms with E-state index < -0.39 is 0 Å². The predicted molar refractivity (Wildman–Crippen MR) is 90.0 cm³/mol. The first-order chi connectivity index (χ1) is 12.0. The highest BCUT2D eigenvalue weighted by atomic mass is 16.2. The van der Waals surface area contributed by atoms with Crippen molar-refractivity contribution in [2.45, 2.75) is 25.8 Å². The molecule has 2 aliphatic rings. The van der Waals surface area contributed by atoms with E-state index in [9.17, 15) is 9.59 Å². The van der Waals surface area contributed by atoms with Gasteiger partial charge in [-0.3, -0.25) is 9.59 Å². The predicted octanol–water partition coefficient (Wildman–Crippen LogP) is -0.394. The molecular weight excluding hydrogens is 322 g/mol. The monoisotopic (exact) mass is 343 g/mol. The number of carbonyl (C=O) groups excluding carboxylic acids is 2. The maximum Gasteiger partial charge on any atom is 0.226 e. The van der Waals surface area contributed by atoms with Crippen LogP contribution in [0.15, 0.2) is 12.1 Å². The van der Waals surface area contributed by atoms with Crippen LogP contribution in [0.3, 0.4) is 0 Å². The van der Waals surface area contributed by atoms with Gasteiger partial charge >= 0.3 is 0 Å². The van der Waals surface area contributed by atoms with Crippen molar-refractivity contribution < 1.29 is 9.59 Å². The van der Waals surface area contributed by atoms with Crippen molar-refractivity contribution in [3.8, 4) is 0 Å². The van der Waals surface area contributed by atoms with Gasteiger partial charge in [-0.05, 0) is 25.5 Å². The molecule has 4 rings (SSSR count). The zero-order chi connectivity index (χ0) is 17.6. The molecule has 2 fully saturated rings. The van der Waals surface area contributed by atoms with Crippen molar-refractivity contribution >= 4 is 23.3 Å². The summed E-state index contributed by atoms with van der Waals surface area (Å²) < 4.78 is 1.72. The number of fused-ring (bicyclic) bond motifs is 1. The second-order valence-electron chi connectivity index (χ2n) is 6.76. The molecule has 2 amide bonds. The van der Waals surface area contributed by atoms with Crippen LogP contribution in [-0.2, 0) is 9.59 Å². The number of rotatable bonds is 3. The second kappa shape index (κ2) is 5.98. The van der Waals surface area contributed by atoms with Gasteiger partial charge in [0.05, 0.1) is 6.04 Å². The maximum atomic E-state index is 12.6. The first kappa shape index (κ1) is 15.8. The Balaban J connectivity index is 1.39. The Bertz CT molecular complexity index is 827. The van der Waals surface area contributed by atoms with Crippen LogP contribution in [0.5, 0.6) is 0 Å². The van der Waals surface area contributed by atoms with E-state index in [1.54, 1.807) is 9.42 Å². The lowest BCUT2D eigenvalue weighted by Gasteiger charge is -2.45. The minimum absolute atomic E-state index is 0.0324. The van der Waals surface area contributed by atoms with E-state index in [2.05, 4.69) is 25.5 Å². The normalized spacial score (nSPS) is 21.1. The highest BCUT2D eigenvalue weighted by molar-refractivity contribution is 5.87. The van der Waals surface area contributed by atoms with Gasteiger partial charge in [0.25, 0.3) is 0 Å². The number of amides is 2. The molecular formula is C16H21N7O2. The number of hydrogen-bond acceptors (Lipinski definition) is 6. The lowest BCUT2D eigenvalue weighted by molar-refractivity contribution is -0.141. The number of hydrogen-bond donors (Lipinski definition) is 1. The minimum atomic E-state index is -0.193. The fourth-order valence-corrected chi connectivity index (χ4v) is 3.41. The van der Waals surface area contributed by atoms with Crippen molar-refractivity contribution in [3.05, 3.63) is 18.0 Å². The lowest BCUT2D eigenvalue weighted by Crippen LogP contribution is -2.61. The summed E-state index contributed by atoms with van der Waals surface area (Å²) in [6.45, 7) is 3.92. The molecule has 1 unspecified atom stereocenters. The fraction of sp³-hybridized carbons (Fsp3) is 0.562. The van der Waals surface area contributed by atoms with Crippen molar-refractivity contribution in [2.75, 3.05) is 31.6 Å². The van der Waals surface area contributed by atoms with Gasteiger partial charge in [-0.25, -0.2) is 0 Å². The van der Waals surface area contributed by atoms with Gasteiger partial charge in [0.2, 0.25) is 11.8 Å². The molecule has 0 bridgehead atoms. The largest absolute Gasteiger partial charge is 0.356 e. The fourth-order valence-electron chi connectivity index (χ4n) is 3.41. The zero-order valence-electron chi connectivity index (χ0n) is 14.3. The lowest BCUT2D eigenvalue weighted by atomic mass is 9.94. The summed E-state index contributed by atoms with van der Waals surface area (Å²) in [6.07, 6.45) is 1.02. The molecule has 9 nitrogen and oxygen atoms in total. The number of nitrogens with zero attached hydrogens (tertiary/aromatic N) is 6. The molecule has 0 saturated carbocycles. The first-order valence-electron chi connectivity index (χ1n) is 8.50. The summed E-state index contributed by atoms with van der Waals surface area (Å²) in [4.78, 5) is 28.0. The molecule has 2 aromatic heterocycles. The van der Waals surface area contributed by atoms with Gasteiger partial charge < -0.3 is 15.1 Å². The topological polar surface area (TPSA) is 95.7 Å². The molecule has 0 spiro atoms. The number of carbonyl (C=O) groups is 2. The van der Waals surface area contributed by atoms with Crippen molar-refractivity contribution in [1.29, 1.82) is 0 Å². The van der Waals surface area contributed by atoms with Gasteiger partial charge in [0.1, 0.15) is 5.82 Å². The summed E-state index contributed by atoms with van der Waals surface area (Å²) in [5, 5.41) is 15.4. The standard InChI is InChI=1S/C16H21N7O2/c1-10-18-19-13-3-4-14(20-23(10)13)22-8-12(9-22)21(2)16(25)11-5-6-17-15(24)7-11/h3-4,11-12H,5-9H2,1-2H3,(H,17,24). The third-order valence-electron chi connectivity index (χ3n) is 5.08. The third kappa shape index (κ3) is 2.79. The quantitative estimate of drug-likeness (QED) is 0.815. The van der Waals surface area contributed by atoms with E-state index in [1.807, 2.05) is 26.1 Å². The van der Waals surface area contributed by atoms with Crippen LogP contribution < -0.4 is 10.2 Å². The SMILES string of the molecule is Cc1nnc2ccc(N3CC(N(C)C(=O)C4CCNC(=O)C4)C3)nn12. The molecule has 2 saturated heterocycles. The molecule has 0 radical (unpaired) electrons. The summed E-state index contributed by atoms with van der Waals surface area (Å²) in [6, 6.07) is 3.97. The van der Waals surface area contributed by atoms with Gasteiger partial charge in [0.15, 0.2) is 11.5 Å². The van der Waals surface area contributed by atoms with Gasteiger partial charge in [-0.2, -0.15) is 4.52 Å². The summed E-state index contributed by atoms with van der Waals surface area (Å²) in [5.41, 5.74) is 0.723. The van der Waals surface area contributed by atoms with E-state index >= 15 is 0 Å². The number of piperidine rings is 1. The molecule has 2 aliphatic heterocycles. The first-order valence-corrected chi connectivity index (χ1v) is 8.50. The van der Waals surface area contributed by atoms with Crippen LogP contribution in [0.1, 0.15) is 18.7 Å². The van der Waals surface area contributed by atoms with Gasteiger partial charge in [0, 0.05) is 39.0 Å². The summed E-state index contributed by atoms with van der Waals surface area (Å²) >= 11 is 0. The molecule has 4 heterocycles. The number of nitrogens with one attached hydrogen (secondary N) is 1. The van der Waals surface area contributed by atoms with Crippen molar-refractivity contribution in [2.24, 2.45) is 5.92 Å². The molecule has 2 aromatic rings. The Morgan fingerprint density at radius 2 is 2.12 bits per heavy atom. The third-order valence-corrected chi connectivity index (χ3v) is 5.08. The van der Waals surface area contributed by atoms with Crippen LogP contribution in [0.25, 0.3) is 5.65 Å². The van der Waals surface area contributed by atoms with Gasteiger partial charge in [-0.15, -0.1) is 15.3 Å². The van der Waals surface area contributed by atoms with E-state index in [0.717, 1.165) is 36.8 Å². The Hall–Kier alpha value is -2.71. The Kier molecular flexibility index (Phi) is 3.78. The number of aromatic nitrogens is 4. The zero-order valence-corrected chi connectivity index (χ0v) is 14.3. The van der Waals surface area contributed by atoms with Crippen molar-refractivity contribution in [1.82, 2.24) is 30.0 Å². The van der Waals surface area contributed by atoms with Crippen LogP contribution in [-0.4, -0.2) is 69.2 Å². The Morgan fingerprint density at radius 1 is 1.32 bits per heavy atom. The number of anilines is 1. The van der Waals surface area contributed by atoms with Crippen LogP contribution in [0.4, 0.5) is 5.82 Å². The van der Waals surface area contributed by atoms with E-state index in [0.29, 0.717) is 13.0 Å². The molecule has 25 heavy (non-hydrogen) atoms. The molecule has 1 N–H and O–H groups in total. The van der Waals surface area contributed by atoms with E-state index in [1.165, 1.54) is 0 Å². The highest BCUT2D eigenvalue weighted by Crippen LogP contribution is 2.24. The molecule has 132 valence electrons. The van der Waals surface area contributed by atoms with Gasteiger partial charge in [-0.1, -0.05) is 0 Å². The Labute approximate surface area is 145 Å². The van der Waals surface area contributed by atoms with Crippen LogP contribution in [0, 0.1) is 12.8 Å².